The standard InChI is InChI=1S/2C25H26F3N3/c2*1-16-10-20(14-24(2,3)13-16)31-22-9-6-18(15-29)11-21(22)30-23(31)12-17-4-7-19(8-5-17)25(26,27)28/h2*4-9,11,16,20H,10,12-14H2,1-3H3/t2*16-,20+/m10/s1. The molecule has 2 aromatic heterocycles. The number of halogens is 6. The Labute approximate surface area is 359 Å². The van der Waals surface area contributed by atoms with Gasteiger partial charge in [0.2, 0.25) is 0 Å². The van der Waals surface area contributed by atoms with Crippen LogP contribution in [0.5, 0.6) is 0 Å². The highest BCUT2D eigenvalue weighted by Gasteiger charge is 2.37. The number of nitriles is 2. The minimum absolute atomic E-state index is 0.206. The third-order valence-corrected chi connectivity index (χ3v) is 12.5. The molecule has 0 amide bonds. The van der Waals surface area contributed by atoms with Gasteiger partial charge < -0.3 is 9.13 Å². The molecule has 6 nitrogen and oxygen atoms in total. The van der Waals surface area contributed by atoms with Crippen LogP contribution >= 0.6 is 0 Å². The van der Waals surface area contributed by atoms with Crippen LogP contribution in [0.25, 0.3) is 22.1 Å². The number of aromatic nitrogens is 4. The maximum absolute atomic E-state index is 12.9. The second-order valence-electron chi connectivity index (χ2n) is 19.3. The van der Waals surface area contributed by atoms with E-state index in [9.17, 15) is 36.9 Å². The Morgan fingerprint density at radius 2 is 0.919 bits per heavy atom. The van der Waals surface area contributed by atoms with Crippen molar-refractivity contribution in [1.29, 1.82) is 10.5 Å². The summed E-state index contributed by atoms with van der Waals surface area (Å²) in [5.41, 5.74) is 5.28. The van der Waals surface area contributed by atoms with Crippen LogP contribution in [0.4, 0.5) is 26.3 Å². The number of benzene rings is 4. The normalized spacial score (nSPS) is 21.2. The Hall–Kier alpha value is -5.62. The molecule has 62 heavy (non-hydrogen) atoms. The largest absolute Gasteiger partial charge is 0.416 e. The summed E-state index contributed by atoms with van der Waals surface area (Å²) in [7, 11) is 0. The van der Waals surface area contributed by atoms with Crippen molar-refractivity contribution in [3.8, 4) is 12.1 Å². The van der Waals surface area contributed by atoms with Crippen molar-refractivity contribution in [2.45, 2.75) is 117 Å². The molecule has 0 spiro atoms. The summed E-state index contributed by atoms with van der Waals surface area (Å²) in [6.45, 7) is 13.7. The molecule has 6 aromatic rings. The molecule has 324 valence electrons. The van der Waals surface area contributed by atoms with Gasteiger partial charge in [-0.25, -0.2) is 9.97 Å². The number of fused-ring (bicyclic) bond motifs is 2. The van der Waals surface area contributed by atoms with Crippen LogP contribution < -0.4 is 0 Å². The van der Waals surface area contributed by atoms with E-state index in [0.29, 0.717) is 35.8 Å². The summed E-state index contributed by atoms with van der Waals surface area (Å²) < 4.78 is 82.1. The maximum atomic E-state index is 12.9. The van der Waals surface area contributed by atoms with Gasteiger partial charge in [-0.1, -0.05) is 65.8 Å². The number of rotatable bonds is 6. The molecular formula is C50H52F6N6. The highest BCUT2D eigenvalue weighted by Crippen LogP contribution is 2.47. The SMILES string of the molecule is C[C@@H]1C[C@H](n2c(Cc3ccc(C(F)(F)F)cc3)nc3cc(C#N)ccc32)CC(C)(C)C1.C[C@H]1C[C@@H](n2c(Cc3ccc(C(F)(F)F)cc3)nc3cc(C#N)ccc32)CC(C)(C)C1. The van der Waals surface area contributed by atoms with Gasteiger partial charge in [-0.2, -0.15) is 36.9 Å². The molecule has 8 rings (SSSR count). The summed E-state index contributed by atoms with van der Waals surface area (Å²) in [4.78, 5) is 9.65. The molecule has 0 unspecified atom stereocenters. The Balaban J connectivity index is 0.000000186. The van der Waals surface area contributed by atoms with Crippen LogP contribution in [0.15, 0.2) is 84.9 Å². The first-order valence-electron chi connectivity index (χ1n) is 21.3. The predicted octanol–water partition coefficient (Wildman–Crippen LogP) is 13.8. The zero-order chi connectivity index (χ0) is 44.8. The first-order chi connectivity index (χ1) is 29.1. The first-order valence-corrected chi connectivity index (χ1v) is 21.3. The van der Waals surface area contributed by atoms with Gasteiger partial charge in [0.25, 0.3) is 0 Å². The lowest BCUT2D eigenvalue weighted by molar-refractivity contribution is -0.138. The highest BCUT2D eigenvalue weighted by atomic mass is 19.4. The lowest BCUT2D eigenvalue weighted by atomic mass is 9.70. The van der Waals surface area contributed by atoms with Gasteiger partial charge in [-0.3, -0.25) is 0 Å². The molecule has 4 aromatic carbocycles. The highest BCUT2D eigenvalue weighted by molar-refractivity contribution is 5.79. The van der Waals surface area contributed by atoms with E-state index < -0.39 is 23.5 Å². The Morgan fingerprint density at radius 1 is 0.565 bits per heavy atom. The van der Waals surface area contributed by atoms with E-state index in [0.717, 1.165) is 94.8 Å². The number of alkyl halides is 6. The predicted molar refractivity (Wildman–Crippen MR) is 229 cm³/mol. The van der Waals surface area contributed by atoms with Crippen molar-refractivity contribution < 1.29 is 26.3 Å². The lowest BCUT2D eigenvalue weighted by Gasteiger charge is -2.40. The van der Waals surface area contributed by atoms with Crippen LogP contribution in [-0.2, 0) is 25.2 Å². The van der Waals surface area contributed by atoms with Crippen LogP contribution in [0.1, 0.15) is 137 Å². The van der Waals surface area contributed by atoms with E-state index in [4.69, 9.17) is 9.97 Å². The number of nitrogens with zero attached hydrogens (tertiary/aromatic N) is 6. The van der Waals surface area contributed by atoms with E-state index in [1.54, 1.807) is 24.3 Å². The zero-order valence-electron chi connectivity index (χ0n) is 36.0. The van der Waals surface area contributed by atoms with Crippen molar-refractivity contribution in [3.63, 3.8) is 0 Å². The number of hydrogen-bond donors (Lipinski definition) is 0. The fourth-order valence-electron chi connectivity index (χ4n) is 10.5. The maximum Gasteiger partial charge on any atom is 0.416 e. The van der Waals surface area contributed by atoms with Crippen LogP contribution in [0.3, 0.4) is 0 Å². The molecular weight excluding hydrogens is 799 g/mol. The number of hydrogen-bond acceptors (Lipinski definition) is 4. The van der Waals surface area contributed by atoms with E-state index in [1.807, 2.05) is 12.1 Å². The molecule has 2 saturated carbocycles. The first kappa shape index (κ1) is 44.4. The molecule has 0 N–H and O–H groups in total. The molecule has 0 bridgehead atoms. The molecule has 2 heterocycles. The quantitative estimate of drug-likeness (QED) is 0.156. The van der Waals surface area contributed by atoms with E-state index in [2.05, 4.69) is 62.8 Å². The van der Waals surface area contributed by atoms with Gasteiger partial charge in [0, 0.05) is 24.9 Å². The minimum Gasteiger partial charge on any atom is -0.325 e. The van der Waals surface area contributed by atoms with Gasteiger partial charge in [0.1, 0.15) is 11.6 Å². The topological polar surface area (TPSA) is 83.2 Å². The molecule has 2 aliphatic carbocycles. The van der Waals surface area contributed by atoms with E-state index >= 15 is 0 Å². The molecule has 0 saturated heterocycles. The summed E-state index contributed by atoms with van der Waals surface area (Å²) in [5, 5.41) is 18.6. The van der Waals surface area contributed by atoms with E-state index in [-0.39, 0.29) is 22.9 Å². The Kier molecular flexibility index (Phi) is 12.1. The van der Waals surface area contributed by atoms with Crippen LogP contribution in [-0.4, -0.2) is 19.1 Å². The molecule has 0 radical (unpaired) electrons. The molecule has 2 aliphatic rings. The molecule has 12 heteroatoms. The monoisotopic (exact) mass is 850 g/mol. The fourth-order valence-corrected chi connectivity index (χ4v) is 10.5. The summed E-state index contributed by atoms with van der Waals surface area (Å²) >= 11 is 0. The van der Waals surface area contributed by atoms with Gasteiger partial charge in [0.05, 0.1) is 56.5 Å². The van der Waals surface area contributed by atoms with Crippen molar-refractivity contribution in [1.82, 2.24) is 19.1 Å². The van der Waals surface area contributed by atoms with Crippen molar-refractivity contribution in [3.05, 3.63) is 130 Å². The second-order valence-corrected chi connectivity index (χ2v) is 19.3. The van der Waals surface area contributed by atoms with Crippen LogP contribution in [0.2, 0.25) is 0 Å². The minimum atomic E-state index is -4.34. The van der Waals surface area contributed by atoms with Gasteiger partial charge in [-0.05, 0) is 133 Å². The Morgan fingerprint density at radius 3 is 1.23 bits per heavy atom. The summed E-state index contributed by atoms with van der Waals surface area (Å²) in [5.74, 6) is 2.81. The van der Waals surface area contributed by atoms with E-state index in [1.165, 1.54) is 37.1 Å². The molecule has 0 aliphatic heterocycles. The van der Waals surface area contributed by atoms with Gasteiger partial charge in [0.15, 0.2) is 0 Å². The fraction of sp³-hybridized carbons (Fsp3) is 0.440. The molecule has 2 fully saturated rings. The van der Waals surface area contributed by atoms with Gasteiger partial charge in [-0.15, -0.1) is 0 Å². The third kappa shape index (κ3) is 10.0. The Bertz CT molecular complexity index is 2450. The van der Waals surface area contributed by atoms with Crippen molar-refractivity contribution >= 4 is 22.1 Å². The summed E-state index contributed by atoms with van der Waals surface area (Å²) in [6, 6.07) is 26.6. The smallest absolute Gasteiger partial charge is 0.325 e. The number of imidazole rings is 2. The molecule has 4 atom stereocenters. The van der Waals surface area contributed by atoms with Gasteiger partial charge >= 0.3 is 12.4 Å². The lowest BCUT2D eigenvalue weighted by Crippen LogP contribution is -2.30. The average molecular weight is 851 g/mol. The van der Waals surface area contributed by atoms with Crippen LogP contribution in [0, 0.1) is 45.3 Å². The average Bonchev–Trinajstić information content (AvgIpc) is 3.72. The zero-order valence-corrected chi connectivity index (χ0v) is 36.0. The van der Waals surface area contributed by atoms with Crippen molar-refractivity contribution in [2.24, 2.45) is 22.7 Å². The second kappa shape index (κ2) is 16.9. The summed E-state index contributed by atoms with van der Waals surface area (Å²) in [6.07, 6.45) is -1.35. The third-order valence-electron chi connectivity index (χ3n) is 12.5. The van der Waals surface area contributed by atoms with Crippen molar-refractivity contribution in [2.75, 3.05) is 0 Å².